The second-order valence-electron chi connectivity index (χ2n) is 4.48. The summed E-state index contributed by atoms with van der Waals surface area (Å²) in [6.45, 7) is 2.74. The number of aromatic nitrogens is 2. The number of nitrogens with zero attached hydrogens (tertiary/aromatic N) is 2. The zero-order valence-electron chi connectivity index (χ0n) is 10.3. The maximum absolute atomic E-state index is 12.2. The summed E-state index contributed by atoms with van der Waals surface area (Å²) in [6.07, 6.45) is 4.22. The van der Waals surface area contributed by atoms with Gasteiger partial charge in [-0.15, -0.1) is 0 Å². The molecule has 1 saturated heterocycles. The van der Waals surface area contributed by atoms with Crippen LogP contribution in [0.2, 0.25) is 0 Å². The highest BCUT2D eigenvalue weighted by atomic mass is 16.5. The van der Waals surface area contributed by atoms with Crippen LogP contribution in [0.15, 0.2) is 12.4 Å². The molecule has 1 aromatic heterocycles. The molecule has 0 bridgehead atoms. The minimum Gasteiger partial charge on any atom is -0.381 e. The maximum atomic E-state index is 12.2. The van der Waals surface area contributed by atoms with E-state index in [1.165, 1.54) is 0 Å². The van der Waals surface area contributed by atoms with E-state index in [0.717, 1.165) is 0 Å². The summed E-state index contributed by atoms with van der Waals surface area (Å²) >= 11 is 0. The van der Waals surface area contributed by atoms with Gasteiger partial charge in [0.1, 0.15) is 11.2 Å². The van der Waals surface area contributed by atoms with Gasteiger partial charge in [0, 0.05) is 25.6 Å². The molecule has 0 aliphatic carbocycles. The first kappa shape index (κ1) is 12.6. The number of H-pyrrole nitrogens is 1. The Labute approximate surface area is 105 Å². The number of hydrogen-bond donors (Lipinski definition) is 2. The summed E-state index contributed by atoms with van der Waals surface area (Å²) in [5, 5.41) is 12.1. The Kier molecular flexibility index (Phi) is 3.63. The summed E-state index contributed by atoms with van der Waals surface area (Å²) in [4.78, 5) is 19.3. The molecule has 1 fully saturated rings. The lowest BCUT2D eigenvalue weighted by atomic mass is 9.80. The minimum atomic E-state index is -0.959. The standard InChI is InChI=1S/C12H16N4O2/c1-9(10-14-4-5-15-10)16-11(17)12(8-13)2-6-18-7-3-12/h4-5,9H,2-3,6-7H2,1H3,(H,14,15)(H,16,17). The molecule has 2 N–H and O–H groups in total. The molecule has 2 rings (SSSR count). The van der Waals surface area contributed by atoms with E-state index in [4.69, 9.17) is 4.74 Å². The van der Waals surface area contributed by atoms with Crippen LogP contribution >= 0.6 is 0 Å². The quantitative estimate of drug-likeness (QED) is 0.831. The highest BCUT2D eigenvalue weighted by Gasteiger charge is 2.41. The van der Waals surface area contributed by atoms with Crippen molar-refractivity contribution in [3.63, 3.8) is 0 Å². The Bertz CT molecular complexity index is 443. The highest BCUT2D eigenvalue weighted by molar-refractivity contribution is 5.85. The van der Waals surface area contributed by atoms with Gasteiger partial charge in [-0.2, -0.15) is 5.26 Å². The van der Waals surface area contributed by atoms with Gasteiger partial charge >= 0.3 is 0 Å². The maximum Gasteiger partial charge on any atom is 0.241 e. The molecule has 96 valence electrons. The lowest BCUT2D eigenvalue weighted by Crippen LogP contribution is -2.44. The number of nitriles is 1. The van der Waals surface area contributed by atoms with Gasteiger partial charge in [0.05, 0.1) is 12.1 Å². The number of rotatable bonds is 3. The lowest BCUT2D eigenvalue weighted by Gasteiger charge is -2.30. The predicted octanol–water partition coefficient (Wildman–Crippen LogP) is 0.907. The Hall–Kier alpha value is -1.87. The number of hydrogen-bond acceptors (Lipinski definition) is 4. The van der Waals surface area contributed by atoms with Gasteiger partial charge in [-0.3, -0.25) is 4.79 Å². The summed E-state index contributed by atoms with van der Waals surface area (Å²) < 4.78 is 5.20. The number of carbonyl (C=O) groups excluding carboxylic acids is 1. The molecule has 18 heavy (non-hydrogen) atoms. The predicted molar refractivity (Wildman–Crippen MR) is 63.2 cm³/mol. The van der Waals surface area contributed by atoms with Crippen LogP contribution in [-0.4, -0.2) is 29.1 Å². The molecule has 1 aliphatic heterocycles. The van der Waals surface area contributed by atoms with E-state index in [-0.39, 0.29) is 11.9 Å². The van der Waals surface area contributed by atoms with E-state index in [1.807, 2.05) is 6.92 Å². The molecule has 0 spiro atoms. The zero-order chi connectivity index (χ0) is 13.0. The smallest absolute Gasteiger partial charge is 0.241 e. The minimum absolute atomic E-state index is 0.236. The molecule has 1 unspecified atom stereocenters. The van der Waals surface area contributed by atoms with Crippen LogP contribution in [0.3, 0.4) is 0 Å². The number of ether oxygens (including phenoxy) is 1. The SMILES string of the molecule is CC(NC(=O)C1(C#N)CCOCC1)c1ncc[nH]1. The number of nitrogens with one attached hydrogen (secondary N) is 2. The van der Waals surface area contributed by atoms with E-state index < -0.39 is 5.41 Å². The van der Waals surface area contributed by atoms with Gasteiger partial charge in [-0.25, -0.2) is 4.98 Å². The third-order valence-corrected chi connectivity index (χ3v) is 3.27. The fraction of sp³-hybridized carbons (Fsp3) is 0.583. The van der Waals surface area contributed by atoms with Crippen LogP contribution in [0.5, 0.6) is 0 Å². The Morgan fingerprint density at radius 1 is 1.67 bits per heavy atom. The van der Waals surface area contributed by atoms with Crippen LogP contribution in [0.25, 0.3) is 0 Å². The van der Waals surface area contributed by atoms with E-state index >= 15 is 0 Å². The molecule has 1 amide bonds. The van der Waals surface area contributed by atoms with Gasteiger partial charge in [0.25, 0.3) is 0 Å². The number of aromatic amines is 1. The van der Waals surface area contributed by atoms with E-state index in [9.17, 15) is 10.1 Å². The highest BCUT2D eigenvalue weighted by Crippen LogP contribution is 2.30. The molecule has 6 nitrogen and oxygen atoms in total. The molecular formula is C12H16N4O2. The molecule has 2 heterocycles. The van der Waals surface area contributed by atoms with Crippen LogP contribution in [0, 0.1) is 16.7 Å². The van der Waals surface area contributed by atoms with Crippen molar-refractivity contribution in [2.45, 2.75) is 25.8 Å². The van der Waals surface area contributed by atoms with Crippen LogP contribution in [-0.2, 0) is 9.53 Å². The van der Waals surface area contributed by atoms with Crippen LogP contribution < -0.4 is 5.32 Å². The molecule has 1 atom stereocenters. The Morgan fingerprint density at radius 3 is 2.94 bits per heavy atom. The molecule has 0 radical (unpaired) electrons. The molecule has 0 saturated carbocycles. The third-order valence-electron chi connectivity index (χ3n) is 3.27. The first-order chi connectivity index (χ1) is 8.68. The second-order valence-corrected chi connectivity index (χ2v) is 4.48. The Morgan fingerprint density at radius 2 is 2.39 bits per heavy atom. The van der Waals surface area contributed by atoms with Gasteiger partial charge in [-0.1, -0.05) is 0 Å². The second kappa shape index (κ2) is 5.19. The fourth-order valence-corrected chi connectivity index (χ4v) is 2.03. The summed E-state index contributed by atoms with van der Waals surface area (Å²) in [6, 6.07) is 1.91. The normalized spacial score (nSPS) is 19.8. The average molecular weight is 248 g/mol. The van der Waals surface area contributed by atoms with E-state index in [2.05, 4.69) is 21.4 Å². The van der Waals surface area contributed by atoms with Crippen LogP contribution in [0.4, 0.5) is 0 Å². The average Bonchev–Trinajstić information content (AvgIpc) is 2.93. The van der Waals surface area contributed by atoms with Crippen molar-refractivity contribution in [3.8, 4) is 6.07 Å². The molecule has 1 aromatic rings. The zero-order valence-corrected chi connectivity index (χ0v) is 10.3. The monoisotopic (exact) mass is 248 g/mol. The largest absolute Gasteiger partial charge is 0.381 e. The lowest BCUT2D eigenvalue weighted by molar-refractivity contribution is -0.133. The molecule has 0 aromatic carbocycles. The summed E-state index contributed by atoms with van der Waals surface area (Å²) in [7, 11) is 0. The number of amides is 1. The van der Waals surface area contributed by atoms with Crippen molar-refractivity contribution in [2.75, 3.05) is 13.2 Å². The first-order valence-electron chi connectivity index (χ1n) is 5.97. The topological polar surface area (TPSA) is 90.8 Å². The molecule has 1 aliphatic rings. The van der Waals surface area contributed by atoms with Crippen molar-refractivity contribution in [1.29, 1.82) is 5.26 Å². The Balaban J connectivity index is 2.04. The fourth-order valence-electron chi connectivity index (χ4n) is 2.03. The van der Waals surface area contributed by atoms with Gasteiger partial charge in [-0.05, 0) is 19.8 Å². The van der Waals surface area contributed by atoms with Gasteiger partial charge in [0.15, 0.2) is 0 Å². The van der Waals surface area contributed by atoms with Crippen molar-refractivity contribution in [3.05, 3.63) is 18.2 Å². The third kappa shape index (κ3) is 2.36. The molecule has 6 heteroatoms. The van der Waals surface area contributed by atoms with Crippen molar-refractivity contribution >= 4 is 5.91 Å². The van der Waals surface area contributed by atoms with Crippen molar-refractivity contribution in [2.24, 2.45) is 5.41 Å². The summed E-state index contributed by atoms with van der Waals surface area (Å²) in [5.74, 6) is 0.445. The number of imidazole rings is 1. The van der Waals surface area contributed by atoms with Gasteiger partial charge in [0.2, 0.25) is 5.91 Å². The van der Waals surface area contributed by atoms with E-state index in [1.54, 1.807) is 12.4 Å². The number of carbonyl (C=O) groups is 1. The first-order valence-corrected chi connectivity index (χ1v) is 5.97. The van der Waals surface area contributed by atoms with E-state index in [0.29, 0.717) is 31.9 Å². The summed E-state index contributed by atoms with van der Waals surface area (Å²) in [5.41, 5.74) is -0.959. The van der Waals surface area contributed by atoms with Crippen molar-refractivity contribution in [1.82, 2.24) is 15.3 Å². The van der Waals surface area contributed by atoms with Crippen molar-refractivity contribution < 1.29 is 9.53 Å². The van der Waals surface area contributed by atoms with Gasteiger partial charge < -0.3 is 15.0 Å². The van der Waals surface area contributed by atoms with Crippen LogP contribution in [0.1, 0.15) is 31.6 Å². The molecular weight excluding hydrogens is 232 g/mol.